The molecule has 1 atom stereocenters. The standard InChI is InChI=1S/C22H30N2O2S/c1-5-16(4)18-9-11-19(12-10-18)24-22(27)23-15-17-8-13-20(25-6-2)21(14-17)26-7-3/h8-14,16H,5-7,15H2,1-4H3,(H2,23,24,27)/t16-/m1/s1. The number of nitrogens with one attached hydrogen (secondary N) is 2. The van der Waals surface area contributed by atoms with Gasteiger partial charge in [-0.3, -0.25) is 0 Å². The van der Waals surface area contributed by atoms with Crippen molar-refractivity contribution in [2.45, 2.75) is 46.6 Å². The van der Waals surface area contributed by atoms with Crippen LogP contribution in [0.3, 0.4) is 0 Å². The van der Waals surface area contributed by atoms with Crippen molar-refractivity contribution in [3.63, 3.8) is 0 Å². The summed E-state index contributed by atoms with van der Waals surface area (Å²) in [6, 6.07) is 14.4. The molecule has 0 aromatic heterocycles. The summed E-state index contributed by atoms with van der Waals surface area (Å²) in [6.45, 7) is 10.2. The molecule has 0 saturated heterocycles. The zero-order chi connectivity index (χ0) is 19.6. The largest absolute Gasteiger partial charge is 0.490 e. The van der Waals surface area contributed by atoms with Gasteiger partial charge in [0.25, 0.3) is 0 Å². The molecule has 0 aliphatic carbocycles. The molecule has 2 rings (SSSR count). The van der Waals surface area contributed by atoms with Crippen molar-refractivity contribution in [3.05, 3.63) is 53.6 Å². The van der Waals surface area contributed by atoms with Crippen molar-refractivity contribution in [2.24, 2.45) is 0 Å². The summed E-state index contributed by atoms with van der Waals surface area (Å²) in [5.41, 5.74) is 3.42. The molecule has 2 aromatic rings. The fourth-order valence-corrected chi connectivity index (χ4v) is 2.88. The van der Waals surface area contributed by atoms with Gasteiger partial charge in [0.05, 0.1) is 13.2 Å². The average Bonchev–Trinajstić information content (AvgIpc) is 2.68. The van der Waals surface area contributed by atoms with Crippen molar-refractivity contribution in [3.8, 4) is 11.5 Å². The third kappa shape index (κ3) is 6.43. The van der Waals surface area contributed by atoms with Gasteiger partial charge >= 0.3 is 0 Å². The molecule has 146 valence electrons. The summed E-state index contributed by atoms with van der Waals surface area (Å²) in [5, 5.41) is 7.07. The van der Waals surface area contributed by atoms with Crippen LogP contribution in [0.2, 0.25) is 0 Å². The highest BCUT2D eigenvalue weighted by Gasteiger charge is 2.07. The number of ether oxygens (including phenoxy) is 2. The zero-order valence-electron chi connectivity index (χ0n) is 16.7. The van der Waals surface area contributed by atoms with Gasteiger partial charge in [0, 0.05) is 12.2 Å². The predicted molar refractivity (Wildman–Crippen MR) is 117 cm³/mol. The lowest BCUT2D eigenvalue weighted by Crippen LogP contribution is -2.27. The highest BCUT2D eigenvalue weighted by molar-refractivity contribution is 7.80. The summed E-state index contributed by atoms with van der Waals surface area (Å²) in [4.78, 5) is 0. The SMILES string of the molecule is CCOc1ccc(CNC(=S)Nc2ccc([C@H](C)CC)cc2)cc1OCC. The van der Waals surface area contributed by atoms with Crippen LogP contribution in [0.4, 0.5) is 5.69 Å². The molecule has 27 heavy (non-hydrogen) atoms. The van der Waals surface area contributed by atoms with E-state index >= 15 is 0 Å². The van der Waals surface area contributed by atoms with Crippen LogP contribution in [-0.4, -0.2) is 18.3 Å². The summed E-state index contributed by atoms with van der Waals surface area (Å²) in [5.74, 6) is 2.10. The number of anilines is 1. The molecule has 0 fully saturated rings. The van der Waals surface area contributed by atoms with E-state index in [1.165, 1.54) is 5.56 Å². The van der Waals surface area contributed by atoms with Crippen LogP contribution >= 0.6 is 12.2 Å². The lowest BCUT2D eigenvalue weighted by molar-refractivity contribution is 0.287. The normalized spacial score (nSPS) is 11.6. The van der Waals surface area contributed by atoms with E-state index in [4.69, 9.17) is 21.7 Å². The second-order valence-corrected chi connectivity index (χ2v) is 6.79. The first kappa shape index (κ1) is 21.0. The fourth-order valence-electron chi connectivity index (χ4n) is 2.69. The second kappa shape index (κ2) is 10.8. The van der Waals surface area contributed by atoms with Crippen molar-refractivity contribution in [1.82, 2.24) is 5.32 Å². The molecular weight excluding hydrogens is 356 g/mol. The summed E-state index contributed by atoms with van der Waals surface area (Å²) in [7, 11) is 0. The van der Waals surface area contributed by atoms with Gasteiger partial charge < -0.3 is 20.1 Å². The number of hydrogen-bond acceptors (Lipinski definition) is 3. The molecule has 0 unspecified atom stereocenters. The van der Waals surface area contributed by atoms with E-state index in [-0.39, 0.29) is 0 Å². The quantitative estimate of drug-likeness (QED) is 0.558. The lowest BCUT2D eigenvalue weighted by atomic mass is 9.99. The Hall–Kier alpha value is -2.27. The topological polar surface area (TPSA) is 42.5 Å². The predicted octanol–water partition coefficient (Wildman–Crippen LogP) is 5.48. The van der Waals surface area contributed by atoms with E-state index in [1.807, 2.05) is 32.0 Å². The van der Waals surface area contributed by atoms with Crippen LogP contribution in [0.15, 0.2) is 42.5 Å². The van der Waals surface area contributed by atoms with Crippen molar-refractivity contribution < 1.29 is 9.47 Å². The molecule has 0 spiro atoms. The average molecular weight is 387 g/mol. The Morgan fingerprint density at radius 3 is 2.26 bits per heavy atom. The minimum atomic E-state index is 0.573. The minimum absolute atomic E-state index is 0.573. The minimum Gasteiger partial charge on any atom is -0.490 e. The van der Waals surface area contributed by atoms with Gasteiger partial charge in [-0.05, 0) is 73.8 Å². The Bertz CT molecular complexity index is 732. The molecule has 2 N–H and O–H groups in total. The summed E-state index contributed by atoms with van der Waals surface area (Å²) < 4.78 is 11.3. The third-order valence-electron chi connectivity index (χ3n) is 4.41. The monoisotopic (exact) mass is 386 g/mol. The van der Waals surface area contributed by atoms with Crippen LogP contribution in [0.25, 0.3) is 0 Å². The first-order chi connectivity index (χ1) is 13.1. The molecule has 0 aliphatic heterocycles. The first-order valence-corrected chi connectivity index (χ1v) is 10.0. The Morgan fingerprint density at radius 2 is 1.63 bits per heavy atom. The molecule has 5 heteroatoms. The van der Waals surface area contributed by atoms with Crippen molar-refractivity contribution >= 4 is 23.0 Å². The van der Waals surface area contributed by atoms with Gasteiger partial charge in [-0.15, -0.1) is 0 Å². The van der Waals surface area contributed by atoms with E-state index in [9.17, 15) is 0 Å². The van der Waals surface area contributed by atoms with Gasteiger partial charge in [0.15, 0.2) is 16.6 Å². The van der Waals surface area contributed by atoms with E-state index in [2.05, 4.69) is 48.7 Å². The van der Waals surface area contributed by atoms with Crippen LogP contribution in [-0.2, 0) is 6.54 Å². The van der Waals surface area contributed by atoms with Crippen LogP contribution in [0.1, 0.15) is 51.2 Å². The molecule has 4 nitrogen and oxygen atoms in total. The smallest absolute Gasteiger partial charge is 0.171 e. The highest BCUT2D eigenvalue weighted by Crippen LogP contribution is 2.28. The molecule has 0 amide bonds. The number of hydrogen-bond donors (Lipinski definition) is 2. The molecule has 2 aromatic carbocycles. The Morgan fingerprint density at radius 1 is 0.963 bits per heavy atom. The molecule has 0 radical (unpaired) electrons. The van der Waals surface area contributed by atoms with Gasteiger partial charge in [-0.2, -0.15) is 0 Å². The summed E-state index contributed by atoms with van der Waals surface area (Å²) >= 11 is 5.42. The first-order valence-electron chi connectivity index (χ1n) is 9.60. The van der Waals surface area contributed by atoms with Gasteiger partial charge in [0.2, 0.25) is 0 Å². The number of thiocarbonyl (C=S) groups is 1. The number of benzene rings is 2. The van der Waals surface area contributed by atoms with Gasteiger partial charge in [-0.1, -0.05) is 32.0 Å². The Labute approximate surface area is 168 Å². The van der Waals surface area contributed by atoms with Crippen molar-refractivity contribution in [1.29, 1.82) is 0 Å². The second-order valence-electron chi connectivity index (χ2n) is 6.39. The Balaban J connectivity index is 1.92. The van der Waals surface area contributed by atoms with E-state index in [0.29, 0.717) is 30.8 Å². The maximum atomic E-state index is 5.67. The third-order valence-corrected chi connectivity index (χ3v) is 4.66. The highest BCUT2D eigenvalue weighted by atomic mass is 32.1. The van der Waals surface area contributed by atoms with E-state index in [0.717, 1.165) is 29.2 Å². The van der Waals surface area contributed by atoms with Gasteiger partial charge in [0.1, 0.15) is 0 Å². The van der Waals surface area contributed by atoms with Crippen LogP contribution in [0, 0.1) is 0 Å². The molecule has 0 heterocycles. The van der Waals surface area contributed by atoms with E-state index < -0.39 is 0 Å². The molecule has 0 aliphatic rings. The zero-order valence-corrected chi connectivity index (χ0v) is 17.5. The van der Waals surface area contributed by atoms with Crippen LogP contribution < -0.4 is 20.1 Å². The summed E-state index contributed by atoms with van der Waals surface area (Å²) in [6.07, 6.45) is 1.14. The lowest BCUT2D eigenvalue weighted by Gasteiger charge is -2.15. The number of rotatable bonds is 9. The Kier molecular flexibility index (Phi) is 8.40. The van der Waals surface area contributed by atoms with E-state index in [1.54, 1.807) is 0 Å². The van der Waals surface area contributed by atoms with Gasteiger partial charge in [-0.25, -0.2) is 0 Å². The fraction of sp³-hybridized carbons (Fsp3) is 0.409. The van der Waals surface area contributed by atoms with Crippen LogP contribution in [0.5, 0.6) is 11.5 Å². The molecule has 0 saturated carbocycles. The maximum absolute atomic E-state index is 5.67. The van der Waals surface area contributed by atoms with Crippen molar-refractivity contribution in [2.75, 3.05) is 18.5 Å². The molecular formula is C22H30N2O2S. The molecule has 0 bridgehead atoms. The maximum Gasteiger partial charge on any atom is 0.171 e.